The molecule has 11 nitrogen and oxygen atoms in total. The second-order valence-corrected chi connectivity index (χ2v) is 15.3. The van der Waals surface area contributed by atoms with E-state index in [0.29, 0.717) is 32.1 Å². The number of phosphoric ester groups is 1. The number of carbonyl (C=O) groups excluding carboxylic acids is 2. The van der Waals surface area contributed by atoms with Gasteiger partial charge in [0.2, 0.25) is 0 Å². The summed E-state index contributed by atoms with van der Waals surface area (Å²) in [7, 11) is -4.46. The molecular weight excluding hydrogens is 794 g/mol. The van der Waals surface area contributed by atoms with E-state index in [1.807, 2.05) is 54.7 Å². The van der Waals surface area contributed by atoms with Crippen molar-refractivity contribution in [2.45, 2.75) is 135 Å². The van der Waals surface area contributed by atoms with Gasteiger partial charge < -0.3 is 30.3 Å². The van der Waals surface area contributed by atoms with Crippen LogP contribution in [0.2, 0.25) is 0 Å². The number of phosphoric acid groups is 1. The Morgan fingerprint density at radius 3 is 1.82 bits per heavy atom. The number of esters is 2. The maximum atomic E-state index is 12.6. The van der Waals surface area contributed by atoms with Crippen molar-refractivity contribution in [1.29, 1.82) is 0 Å². The van der Waals surface area contributed by atoms with Crippen LogP contribution in [-0.2, 0) is 32.7 Å². The monoisotopic (exact) mass is 870 g/mol. The first-order valence-corrected chi connectivity index (χ1v) is 23.4. The minimum absolute atomic E-state index is 0.00461. The lowest BCUT2D eigenvalue weighted by Crippen LogP contribution is -2.29. The summed E-state index contributed by atoms with van der Waals surface area (Å²) in [6.07, 6.45) is 52.9. The van der Waals surface area contributed by atoms with Gasteiger partial charge in [0.15, 0.2) is 6.10 Å². The number of nitrogens with two attached hydrogens (primary N) is 1. The van der Waals surface area contributed by atoms with E-state index >= 15 is 0 Å². The smallest absolute Gasteiger partial charge is 0.462 e. The fraction of sp³-hybridized carbons (Fsp3) is 0.510. The Morgan fingerprint density at radius 2 is 1.20 bits per heavy atom. The van der Waals surface area contributed by atoms with Crippen molar-refractivity contribution in [3.8, 4) is 0 Å². The van der Waals surface area contributed by atoms with Gasteiger partial charge in [-0.3, -0.25) is 18.6 Å². The molecule has 4 atom stereocenters. The molecule has 12 heteroatoms. The van der Waals surface area contributed by atoms with Gasteiger partial charge in [0.05, 0.1) is 25.4 Å². The third kappa shape index (κ3) is 42.5. The Kier molecular flexibility index (Phi) is 40.0. The predicted molar refractivity (Wildman–Crippen MR) is 249 cm³/mol. The van der Waals surface area contributed by atoms with E-state index in [0.717, 1.165) is 38.5 Å². The third-order valence-corrected chi connectivity index (χ3v) is 9.19. The Labute approximate surface area is 367 Å². The van der Waals surface area contributed by atoms with Gasteiger partial charge in [-0.15, -0.1) is 0 Å². The van der Waals surface area contributed by atoms with Crippen molar-refractivity contribution in [2.75, 3.05) is 26.4 Å². The number of carbonyl (C=O) groups is 2. The average molecular weight is 870 g/mol. The number of hydrogen-bond donors (Lipinski definition) is 4. The summed E-state index contributed by atoms with van der Waals surface area (Å²) in [5, 5.41) is 20.0. The topological polar surface area (TPSA) is 175 Å². The molecule has 0 aromatic carbocycles. The minimum Gasteiger partial charge on any atom is -0.462 e. The highest BCUT2D eigenvalue weighted by Crippen LogP contribution is 2.43. The van der Waals surface area contributed by atoms with E-state index in [9.17, 15) is 29.3 Å². The quantitative estimate of drug-likeness (QED) is 0.0153. The first-order chi connectivity index (χ1) is 29.6. The highest BCUT2D eigenvalue weighted by atomic mass is 31.2. The van der Waals surface area contributed by atoms with Crippen molar-refractivity contribution in [3.63, 3.8) is 0 Å². The molecule has 0 amide bonds. The number of unbranched alkanes of at least 4 members (excludes halogenated alkanes) is 4. The summed E-state index contributed by atoms with van der Waals surface area (Å²) < 4.78 is 32.5. The highest BCUT2D eigenvalue weighted by molar-refractivity contribution is 7.47. The van der Waals surface area contributed by atoms with Gasteiger partial charge in [-0.25, -0.2) is 4.57 Å². The van der Waals surface area contributed by atoms with Crippen LogP contribution in [-0.4, -0.2) is 71.7 Å². The van der Waals surface area contributed by atoms with Crippen LogP contribution in [0.15, 0.2) is 134 Å². The Hall–Kier alpha value is -3.93. The second kappa shape index (κ2) is 42.7. The molecule has 5 N–H and O–H groups in total. The summed E-state index contributed by atoms with van der Waals surface area (Å²) in [5.41, 5.74) is 5.33. The van der Waals surface area contributed by atoms with Crippen LogP contribution in [0, 0.1) is 0 Å². The van der Waals surface area contributed by atoms with E-state index in [1.54, 1.807) is 30.4 Å². The molecule has 0 bridgehead atoms. The van der Waals surface area contributed by atoms with E-state index < -0.39 is 44.7 Å². The number of rotatable bonds is 38. The van der Waals surface area contributed by atoms with Gasteiger partial charge in [-0.1, -0.05) is 160 Å². The lowest BCUT2D eigenvalue weighted by Gasteiger charge is -2.19. The zero-order valence-corrected chi connectivity index (χ0v) is 37.7. The summed E-state index contributed by atoms with van der Waals surface area (Å²) in [6, 6.07) is 0. The molecule has 1 unspecified atom stereocenters. The van der Waals surface area contributed by atoms with Gasteiger partial charge in [-0.05, 0) is 77.0 Å². The third-order valence-electron chi connectivity index (χ3n) is 8.21. The summed E-state index contributed by atoms with van der Waals surface area (Å²) >= 11 is 0. The van der Waals surface area contributed by atoms with Crippen molar-refractivity contribution in [2.24, 2.45) is 5.73 Å². The molecule has 0 saturated carbocycles. The molecule has 0 aliphatic heterocycles. The Morgan fingerprint density at radius 1 is 0.607 bits per heavy atom. The summed E-state index contributed by atoms with van der Waals surface area (Å²) in [6.45, 7) is 3.16. The molecule has 0 rings (SSSR count). The lowest BCUT2D eigenvalue weighted by molar-refractivity contribution is -0.161. The maximum absolute atomic E-state index is 12.6. The van der Waals surface area contributed by atoms with Crippen LogP contribution in [0.4, 0.5) is 0 Å². The second-order valence-electron chi connectivity index (χ2n) is 13.9. The molecule has 0 aliphatic rings. The van der Waals surface area contributed by atoms with Crippen LogP contribution in [0.1, 0.15) is 117 Å². The number of hydrogen-bond acceptors (Lipinski definition) is 10. The van der Waals surface area contributed by atoms with Gasteiger partial charge in [-0.2, -0.15) is 0 Å². The molecule has 342 valence electrons. The van der Waals surface area contributed by atoms with Crippen LogP contribution < -0.4 is 5.73 Å². The van der Waals surface area contributed by atoms with Gasteiger partial charge >= 0.3 is 19.8 Å². The molecule has 0 spiro atoms. The SMILES string of the molecule is CC/C=C\C[C@@H](O)/C=C/C=C\C/C=C\C=C\[C@@H](O)/C=C\CCCC(=O)OC[C@H](COP(=O)(O)OCCN)OC(=O)CC/C=C\C/C=C\C/C=C\C/C=C\C/C=C\CCCCC. The van der Waals surface area contributed by atoms with Crippen LogP contribution in [0.5, 0.6) is 0 Å². The van der Waals surface area contributed by atoms with Crippen LogP contribution in [0.25, 0.3) is 0 Å². The molecular formula is C49H76NO10P. The highest BCUT2D eigenvalue weighted by Gasteiger charge is 2.25. The van der Waals surface area contributed by atoms with E-state index in [1.165, 1.54) is 19.3 Å². The molecule has 0 aliphatic carbocycles. The maximum Gasteiger partial charge on any atom is 0.472 e. The van der Waals surface area contributed by atoms with Gasteiger partial charge in [0.1, 0.15) is 6.61 Å². The largest absolute Gasteiger partial charge is 0.472 e. The first-order valence-electron chi connectivity index (χ1n) is 21.9. The fourth-order valence-electron chi connectivity index (χ4n) is 4.94. The molecule has 0 aromatic heterocycles. The number of ether oxygens (including phenoxy) is 2. The fourth-order valence-corrected chi connectivity index (χ4v) is 5.71. The molecule has 0 heterocycles. The minimum atomic E-state index is -4.46. The standard InChI is InChI=1S/C49H76NO10P/c1-3-5-7-8-9-10-11-12-13-14-15-16-17-18-19-20-24-27-33-40-49(54)60-47(44-59-61(55,56)58-42-41-50)43-57-48(53)39-34-28-32-38-46(52)37-31-26-23-21-22-25-30-36-45(51)35-29-6-4-2/h6,9-10,12-13,15-16,18-19,22-27,29-32,36-38,45-47,51-52H,3-5,7-8,11,14,17,20-21,28,33-35,39-44,50H2,1-2H3,(H,55,56)/b10-9-,13-12-,16-15-,19-18-,25-22-,26-23-,27-24-,29-6-,36-30+,37-31+,38-32-/t45-,46-,47-/m1/s1. The number of aliphatic hydroxyl groups excluding tert-OH is 2. The van der Waals surface area contributed by atoms with Crippen LogP contribution >= 0.6 is 7.82 Å². The molecule has 0 aromatic rings. The van der Waals surface area contributed by atoms with Crippen LogP contribution in [0.3, 0.4) is 0 Å². The average Bonchev–Trinajstić information content (AvgIpc) is 3.24. The molecule has 0 radical (unpaired) electrons. The molecule has 61 heavy (non-hydrogen) atoms. The lowest BCUT2D eigenvalue weighted by atomic mass is 10.2. The summed E-state index contributed by atoms with van der Waals surface area (Å²) in [4.78, 5) is 34.9. The zero-order chi connectivity index (χ0) is 44.9. The predicted octanol–water partition coefficient (Wildman–Crippen LogP) is 10.7. The van der Waals surface area contributed by atoms with E-state index in [-0.39, 0.29) is 32.6 Å². The van der Waals surface area contributed by atoms with Crippen molar-refractivity contribution in [3.05, 3.63) is 134 Å². The normalized spacial score (nSPS) is 15.6. The zero-order valence-electron chi connectivity index (χ0n) is 36.8. The summed E-state index contributed by atoms with van der Waals surface area (Å²) in [5.74, 6) is -1.13. The van der Waals surface area contributed by atoms with Gasteiger partial charge in [0, 0.05) is 19.4 Å². The van der Waals surface area contributed by atoms with Crippen molar-refractivity contribution in [1.82, 2.24) is 0 Å². The van der Waals surface area contributed by atoms with E-state index in [4.69, 9.17) is 24.3 Å². The Bertz CT molecular complexity index is 1490. The first kappa shape index (κ1) is 57.1. The Balaban J connectivity index is 4.55. The number of allylic oxidation sites excluding steroid dienone is 18. The molecule has 0 saturated heterocycles. The van der Waals surface area contributed by atoms with E-state index in [2.05, 4.69) is 62.5 Å². The number of aliphatic hydroxyl groups is 2. The van der Waals surface area contributed by atoms with Crippen molar-refractivity contribution < 1.29 is 47.8 Å². The van der Waals surface area contributed by atoms with Crippen molar-refractivity contribution >= 4 is 19.8 Å². The van der Waals surface area contributed by atoms with Gasteiger partial charge in [0.25, 0.3) is 0 Å². The molecule has 0 fully saturated rings.